The normalized spacial score (nSPS) is 10.7. The predicted molar refractivity (Wildman–Crippen MR) is 116 cm³/mol. The highest BCUT2D eigenvalue weighted by Gasteiger charge is 2.19. The molecular formula is C20H15BrN4O5. The summed E-state index contributed by atoms with van der Waals surface area (Å²) >= 11 is 3.39. The molecule has 0 radical (unpaired) electrons. The van der Waals surface area contributed by atoms with Crippen LogP contribution in [-0.4, -0.2) is 16.1 Å². The van der Waals surface area contributed by atoms with Gasteiger partial charge in [0.25, 0.3) is 5.69 Å². The minimum Gasteiger partial charge on any atom is -0.489 e. The second-order valence-corrected chi connectivity index (χ2v) is 6.99. The molecule has 1 N–H and O–H groups in total. The first-order chi connectivity index (χ1) is 14.4. The van der Waals surface area contributed by atoms with Crippen molar-refractivity contribution in [2.75, 3.05) is 5.43 Å². The fraction of sp³-hybridized carbons (Fsp3) is 0.0500. The standard InChI is InChI=1S/C20H15BrN4O5/c21-16-5-1-15(2-6-16)13-30-18-8-3-14(4-9-18)12-22-23-19-10-7-17(24(26)27)11-20(19)25(28)29/h1-12,23H,13H2/b22-12+. The maximum absolute atomic E-state index is 11.1. The molecule has 3 rings (SSSR count). The van der Waals surface area contributed by atoms with E-state index in [1.54, 1.807) is 24.3 Å². The first-order valence-electron chi connectivity index (χ1n) is 8.61. The molecule has 152 valence electrons. The van der Waals surface area contributed by atoms with Crippen molar-refractivity contribution in [3.8, 4) is 5.75 Å². The number of rotatable bonds is 8. The van der Waals surface area contributed by atoms with Crippen LogP contribution in [0.4, 0.5) is 17.1 Å². The van der Waals surface area contributed by atoms with Gasteiger partial charge < -0.3 is 4.74 Å². The van der Waals surface area contributed by atoms with Gasteiger partial charge in [-0.1, -0.05) is 28.1 Å². The number of nitro benzene ring substituents is 2. The van der Waals surface area contributed by atoms with Crippen molar-refractivity contribution in [1.82, 2.24) is 0 Å². The van der Waals surface area contributed by atoms with Crippen molar-refractivity contribution in [3.05, 3.63) is 103 Å². The fourth-order valence-electron chi connectivity index (χ4n) is 2.45. The smallest absolute Gasteiger partial charge is 0.301 e. The molecule has 10 heteroatoms. The Morgan fingerprint density at radius 2 is 1.67 bits per heavy atom. The number of ether oxygens (including phenoxy) is 1. The maximum atomic E-state index is 11.1. The van der Waals surface area contributed by atoms with Crippen LogP contribution < -0.4 is 10.2 Å². The number of nitrogens with one attached hydrogen (secondary N) is 1. The highest BCUT2D eigenvalue weighted by Crippen LogP contribution is 2.28. The van der Waals surface area contributed by atoms with Crippen LogP contribution in [0.1, 0.15) is 11.1 Å². The lowest BCUT2D eigenvalue weighted by Gasteiger charge is -2.06. The Balaban J connectivity index is 1.61. The van der Waals surface area contributed by atoms with Crippen molar-refractivity contribution in [1.29, 1.82) is 0 Å². The molecule has 0 aliphatic heterocycles. The van der Waals surface area contributed by atoms with E-state index < -0.39 is 15.5 Å². The van der Waals surface area contributed by atoms with Gasteiger partial charge in [0.05, 0.1) is 22.1 Å². The number of nitrogens with zero attached hydrogens (tertiary/aromatic N) is 3. The van der Waals surface area contributed by atoms with Gasteiger partial charge in [-0.15, -0.1) is 0 Å². The molecule has 0 unspecified atom stereocenters. The first-order valence-corrected chi connectivity index (χ1v) is 9.41. The Kier molecular flexibility index (Phi) is 6.71. The maximum Gasteiger partial charge on any atom is 0.301 e. The van der Waals surface area contributed by atoms with Gasteiger partial charge in [0.2, 0.25) is 0 Å². The number of hydrazone groups is 1. The number of hydrogen-bond donors (Lipinski definition) is 1. The van der Waals surface area contributed by atoms with Crippen LogP contribution in [0.5, 0.6) is 5.75 Å². The van der Waals surface area contributed by atoms with Crippen molar-refractivity contribution in [2.45, 2.75) is 6.61 Å². The minimum absolute atomic E-state index is 0.0521. The average molecular weight is 471 g/mol. The van der Waals surface area contributed by atoms with E-state index in [-0.39, 0.29) is 11.4 Å². The van der Waals surface area contributed by atoms with Gasteiger partial charge in [-0.2, -0.15) is 5.10 Å². The largest absolute Gasteiger partial charge is 0.489 e. The number of non-ortho nitro benzene ring substituents is 1. The summed E-state index contributed by atoms with van der Waals surface area (Å²) in [4.78, 5) is 20.5. The lowest BCUT2D eigenvalue weighted by Crippen LogP contribution is -1.99. The molecule has 0 fully saturated rings. The van der Waals surface area contributed by atoms with E-state index in [2.05, 4.69) is 26.5 Å². The molecular weight excluding hydrogens is 456 g/mol. The predicted octanol–water partition coefficient (Wildman–Crippen LogP) is 5.29. The van der Waals surface area contributed by atoms with Crippen LogP contribution in [0, 0.1) is 20.2 Å². The molecule has 0 atom stereocenters. The van der Waals surface area contributed by atoms with Crippen LogP contribution >= 0.6 is 15.9 Å². The van der Waals surface area contributed by atoms with Crippen LogP contribution in [0.15, 0.2) is 76.3 Å². The van der Waals surface area contributed by atoms with Crippen molar-refractivity contribution >= 4 is 39.2 Å². The zero-order valence-corrected chi connectivity index (χ0v) is 17.0. The SMILES string of the molecule is O=[N+]([O-])c1ccc(N/N=C/c2ccc(OCc3ccc(Br)cc3)cc2)c([N+](=O)[O-])c1. The van der Waals surface area contributed by atoms with Gasteiger partial charge in [0.15, 0.2) is 0 Å². The average Bonchev–Trinajstić information content (AvgIpc) is 2.74. The van der Waals surface area contributed by atoms with Crippen LogP contribution in [0.3, 0.4) is 0 Å². The second kappa shape index (κ2) is 9.61. The Morgan fingerprint density at radius 3 is 2.30 bits per heavy atom. The molecule has 0 heterocycles. The van der Waals surface area contributed by atoms with E-state index in [0.717, 1.165) is 21.7 Å². The van der Waals surface area contributed by atoms with Gasteiger partial charge in [-0.25, -0.2) is 0 Å². The molecule has 0 saturated carbocycles. The van der Waals surface area contributed by atoms with Crippen LogP contribution in [0.25, 0.3) is 0 Å². The summed E-state index contributed by atoms with van der Waals surface area (Å²) in [6.45, 7) is 0.437. The first kappa shape index (κ1) is 20.9. The van der Waals surface area contributed by atoms with Gasteiger partial charge >= 0.3 is 5.69 Å². The molecule has 0 aromatic heterocycles. The lowest BCUT2D eigenvalue weighted by atomic mass is 10.2. The van der Waals surface area contributed by atoms with Crippen LogP contribution in [-0.2, 0) is 6.61 Å². The third-order valence-electron chi connectivity index (χ3n) is 3.99. The van der Waals surface area contributed by atoms with E-state index in [9.17, 15) is 20.2 Å². The monoisotopic (exact) mass is 470 g/mol. The third-order valence-corrected chi connectivity index (χ3v) is 4.51. The van der Waals surface area contributed by atoms with E-state index in [4.69, 9.17) is 4.74 Å². The van der Waals surface area contributed by atoms with Gasteiger partial charge in [0.1, 0.15) is 18.0 Å². The summed E-state index contributed by atoms with van der Waals surface area (Å²) in [7, 11) is 0. The molecule has 0 saturated heterocycles. The molecule has 0 spiro atoms. The number of hydrogen-bond acceptors (Lipinski definition) is 7. The van der Waals surface area contributed by atoms with E-state index in [0.29, 0.717) is 12.4 Å². The van der Waals surface area contributed by atoms with Crippen molar-refractivity contribution < 1.29 is 14.6 Å². The summed E-state index contributed by atoms with van der Waals surface area (Å²) in [5.74, 6) is 0.689. The summed E-state index contributed by atoms with van der Waals surface area (Å²) in [5, 5.41) is 25.9. The Hall–Kier alpha value is -3.79. The zero-order chi connectivity index (χ0) is 21.5. The van der Waals surface area contributed by atoms with Crippen LogP contribution in [0.2, 0.25) is 0 Å². The fourth-order valence-corrected chi connectivity index (χ4v) is 2.72. The van der Waals surface area contributed by atoms with E-state index in [1.165, 1.54) is 18.3 Å². The van der Waals surface area contributed by atoms with Gasteiger partial charge in [0, 0.05) is 10.5 Å². The molecule has 0 aliphatic carbocycles. The van der Waals surface area contributed by atoms with Gasteiger partial charge in [-0.05, 0) is 53.6 Å². The van der Waals surface area contributed by atoms with Crippen molar-refractivity contribution in [2.24, 2.45) is 5.10 Å². The molecule has 9 nitrogen and oxygen atoms in total. The van der Waals surface area contributed by atoms with E-state index >= 15 is 0 Å². The van der Waals surface area contributed by atoms with Gasteiger partial charge in [-0.3, -0.25) is 25.7 Å². The minimum atomic E-state index is -0.706. The molecule has 0 bridgehead atoms. The third kappa shape index (κ3) is 5.61. The Bertz CT molecular complexity index is 1090. The molecule has 3 aromatic rings. The molecule has 0 aliphatic rings. The number of halogens is 1. The summed E-state index contributed by atoms with van der Waals surface area (Å²) in [6.07, 6.45) is 1.48. The highest BCUT2D eigenvalue weighted by molar-refractivity contribution is 9.10. The number of anilines is 1. The summed E-state index contributed by atoms with van der Waals surface area (Å²) in [6, 6.07) is 18.3. The topological polar surface area (TPSA) is 120 Å². The summed E-state index contributed by atoms with van der Waals surface area (Å²) < 4.78 is 6.73. The quantitative estimate of drug-likeness (QED) is 0.271. The van der Waals surface area contributed by atoms with Crippen molar-refractivity contribution in [3.63, 3.8) is 0 Å². The lowest BCUT2D eigenvalue weighted by molar-refractivity contribution is -0.393. The molecule has 30 heavy (non-hydrogen) atoms. The number of benzene rings is 3. The Morgan fingerprint density at radius 1 is 0.967 bits per heavy atom. The molecule has 0 amide bonds. The number of nitro groups is 2. The Labute approximate surface area is 179 Å². The zero-order valence-electron chi connectivity index (χ0n) is 15.4. The van der Waals surface area contributed by atoms with E-state index in [1.807, 2.05) is 24.3 Å². The summed E-state index contributed by atoms with van der Waals surface area (Å²) in [5.41, 5.74) is 3.58. The second-order valence-electron chi connectivity index (χ2n) is 6.07. The highest BCUT2D eigenvalue weighted by atomic mass is 79.9. The molecule has 3 aromatic carbocycles.